The molecule has 0 bridgehead atoms. The third-order valence-corrected chi connectivity index (χ3v) is 3.67. The van der Waals surface area contributed by atoms with Gasteiger partial charge in [-0.15, -0.1) is 11.3 Å². The molecule has 104 valence electrons. The topological polar surface area (TPSA) is 35.8 Å². The first kappa shape index (κ1) is 14.6. The van der Waals surface area contributed by atoms with Crippen molar-refractivity contribution in [1.82, 2.24) is 5.32 Å². The molecule has 1 aromatic heterocycles. The number of rotatable bonds is 4. The number of nitrogens with zero attached hydrogens (tertiary/aromatic N) is 1. The Morgan fingerprint density at radius 2 is 1.75 bits per heavy atom. The van der Waals surface area contributed by atoms with Crippen LogP contribution in [0.5, 0.6) is 0 Å². The number of nitrogens with one attached hydrogen (secondary N) is 1. The molecule has 0 fully saturated rings. The maximum atomic E-state index is 12.4. The summed E-state index contributed by atoms with van der Waals surface area (Å²) >= 11 is 1.40. The van der Waals surface area contributed by atoms with Crippen LogP contribution in [0.15, 0.2) is 36.4 Å². The fourth-order valence-electron chi connectivity index (χ4n) is 1.67. The van der Waals surface area contributed by atoms with Gasteiger partial charge < -0.3 is 5.32 Å². The van der Waals surface area contributed by atoms with Crippen LogP contribution in [0.4, 0.5) is 13.2 Å². The largest absolute Gasteiger partial charge is 0.416 e. The van der Waals surface area contributed by atoms with Crippen molar-refractivity contribution in [2.24, 2.45) is 0 Å². The molecule has 0 radical (unpaired) electrons. The zero-order chi connectivity index (χ0) is 14.6. The highest BCUT2D eigenvalue weighted by atomic mass is 32.1. The lowest BCUT2D eigenvalue weighted by Crippen LogP contribution is -2.12. The third-order valence-electron chi connectivity index (χ3n) is 2.68. The van der Waals surface area contributed by atoms with E-state index in [2.05, 4.69) is 11.4 Å². The fourth-order valence-corrected chi connectivity index (χ4v) is 2.45. The summed E-state index contributed by atoms with van der Waals surface area (Å²) in [6.45, 7) is 1.07. The summed E-state index contributed by atoms with van der Waals surface area (Å²) < 4.78 is 37.2. The van der Waals surface area contributed by atoms with Gasteiger partial charge in [-0.1, -0.05) is 12.1 Å². The first-order valence-corrected chi connectivity index (χ1v) is 6.66. The minimum Gasteiger partial charge on any atom is -0.308 e. The molecule has 0 unspecified atom stereocenters. The van der Waals surface area contributed by atoms with Gasteiger partial charge in [-0.05, 0) is 29.8 Å². The van der Waals surface area contributed by atoms with Crippen molar-refractivity contribution in [1.29, 1.82) is 5.26 Å². The smallest absolute Gasteiger partial charge is 0.308 e. The molecule has 0 spiro atoms. The van der Waals surface area contributed by atoms with E-state index in [1.54, 1.807) is 6.07 Å². The van der Waals surface area contributed by atoms with Gasteiger partial charge in [-0.3, -0.25) is 0 Å². The van der Waals surface area contributed by atoms with Gasteiger partial charge in [0.05, 0.1) is 5.56 Å². The lowest BCUT2D eigenvalue weighted by Gasteiger charge is -2.08. The first-order valence-electron chi connectivity index (χ1n) is 5.85. The van der Waals surface area contributed by atoms with Crippen molar-refractivity contribution in [3.63, 3.8) is 0 Å². The lowest BCUT2D eigenvalue weighted by molar-refractivity contribution is -0.137. The number of halogens is 3. The van der Waals surface area contributed by atoms with Gasteiger partial charge in [0.2, 0.25) is 0 Å². The molecule has 0 saturated carbocycles. The van der Waals surface area contributed by atoms with E-state index in [9.17, 15) is 13.2 Å². The molecule has 0 aliphatic rings. The van der Waals surface area contributed by atoms with E-state index < -0.39 is 11.7 Å². The van der Waals surface area contributed by atoms with Gasteiger partial charge >= 0.3 is 6.18 Å². The third kappa shape index (κ3) is 3.83. The highest BCUT2D eigenvalue weighted by Crippen LogP contribution is 2.29. The van der Waals surface area contributed by atoms with Gasteiger partial charge in [0.25, 0.3) is 0 Å². The molecule has 1 aromatic carbocycles. The Kier molecular flexibility index (Phi) is 4.42. The van der Waals surface area contributed by atoms with Crippen LogP contribution in [-0.4, -0.2) is 0 Å². The molecule has 20 heavy (non-hydrogen) atoms. The van der Waals surface area contributed by atoms with E-state index in [-0.39, 0.29) is 0 Å². The van der Waals surface area contributed by atoms with E-state index in [1.807, 2.05) is 6.07 Å². The average Bonchev–Trinajstić information content (AvgIpc) is 2.86. The standard InChI is InChI=1S/C14H11F3N2S/c15-14(16,17)11-3-1-10(2-4-11)8-19-9-13-6-5-12(7-18)20-13/h1-6,19H,8-9H2. The molecule has 1 N–H and O–H groups in total. The van der Waals surface area contributed by atoms with Crippen LogP contribution in [-0.2, 0) is 19.3 Å². The number of thiophene rings is 1. The summed E-state index contributed by atoms with van der Waals surface area (Å²) in [7, 11) is 0. The predicted octanol–water partition coefficient (Wildman–Crippen LogP) is 3.93. The van der Waals surface area contributed by atoms with Crippen LogP contribution in [0.3, 0.4) is 0 Å². The molecule has 2 aromatic rings. The maximum absolute atomic E-state index is 12.4. The van der Waals surface area contributed by atoms with Crippen molar-refractivity contribution < 1.29 is 13.2 Å². The van der Waals surface area contributed by atoms with Crippen LogP contribution < -0.4 is 5.32 Å². The second-order valence-electron chi connectivity index (χ2n) is 4.18. The number of nitriles is 1. The second kappa shape index (κ2) is 6.07. The van der Waals surface area contributed by atoms with E-state index >= 15 is 0 Å². The second-order valence-corrected chi connectivity index (χ2v) is 5.34. The summed E-state index contributed by atoms with van der Waals surface area (Å²) in [5, 5.41) is 11.8. The van der Waals surface area contributed by atoms with Crippen molar-refractivity contribution >= 4 is 11.3 Å². The minimum atomic E-state index is -4.30. The number of benzene rings is 1. The molecule has 2 rings (SSSR count). The van der Waals surface area contributed by atoms with Crippen molar-refractivity contribution in [2.45, 2.75) is 19.3 Å². The van der Waals surface area contributed by atoms with Gasteiger partial charge in [0, 0.05) is 18.0 Å². The molecule has 0 aliphatic carbocycles. The van der Waals surface area contributed by atoms with Gasteiger partial charge in [0.1, 0.15) is 10.9 Å². The van der Waals surface area contributed by atoms with E-state index in [0.717, 1.165) is 22.6 Å². The SMILES string of the molecule is N#Cc1ccc(CNCc2ccc(C(F)(F)F)cc2)s1. The summed E-state index contributed by atoms with van der Waals surface area (Å²) in [6, 6.07) is 10.8. The predicted molar refractivity (Wildman–Crippen MR) is 71.0 cm³/mol. The monoisotopic (exact) mass is 296 g/mol. The molecular formula is C14H11F3N2S. The highest BCUT2D eigenvalue weighted by molar-refractivity contribution is 7.12. The summed E-state index contributed by atoms with van der Waals surface area (Å²) in [5.41, 5.74) is 0.147. The molecule has 0 amide bonds. The highest BCUT2D eigenvalue weighted by Gasteiger charge is 2.29. The van der Waals surface area contributed by atoms with Crippen LogP contribution in [0.2, 0.25) is 0 Å². The van der Waals surface area contributed by atoms with Gasteiger partial charge in [-0.25, -0.2) is 0 Å². The van der Waals surface area contributed by atoms with E-state index in [1.165, 1.54) is 23.5 Å². The number of hydrogen-bond donors (Lipinski definition) is 1. The summed E-state index contributed by atoms with van der Waals surface area (Å²) in [5.74, 6) is 0. The lowest BCUT2D eigenvalue weighted by atomic mass is 10.1. The first-order chi connectivity index (χ1) is 9.49. The normalized spacial score (nSPS) is 11.3. The molecule has 0 atom stereocenters. The molecule has 1 heterocycles. The van der Waals surface area contributed by atoms with Crippen LogP contribution in [0, 0.1) is 11.3 Å². The molecule has 0 aliphatic heterocycles. The molecular weight excluding hydrogens is 285 g/mol. The van der Waals surface area contributed by atoms with E-state index in [0.29, 0.717) is 18.0 Å². The van der Waals surface area contributed by atoms with Crippen molar-refractivity contribution in [3.05, 3.63) is 57.3 Å². The number of hydrogen-bond acceptors (Lipinski definition) is 3. The van der Waals surface area contributed by atoms with Gasteiger partial charge in [0.15, 0.2) is 0 Å². The maximum Gasteiger partial charge on any atom is 0.416 e. The minimum absolute atomic E-state index is 0.484. The summed E-state index contributed by atoms with van der Waals surface area (Å²) in [4.78, 5) is 1.67. The summed E-state index contributed by atoms with van der Waals surface area (Å²) in [6.07, 6.45) is -4.30. The average molecular weight is 296 g/mol. The van der Waals surface area contributed by atoms with Crippen LogP contribution >= 0.6 is 11.3 Å². The van der Waals surface area contributed by atoms with Gasteiger partial charge in [-0.2, -0.15) is 18.4 Å². The quantitative estimate of drug-likeness (QED) is 0.928. The Morgan fingerprint density at radius 3 is 2.30 bits per heavy atom. The Morgan fingerprint density at radius 1 is 1.05 bits per heavy atom. The van der Waals surface area contributed by atoms with E-state index in [4.69, 9.17) is 5.26 Å². The van der Waals surface area contributed by atoms with Crippen LogP contribution in [0.25, 0.3) is 0 Å². The zero-order valence-corrected chi connectivity index (χ0v) is 11.2. The Hall–Kier alpha value is -1.84. The Balaban J connectivity index is 1.87. The molecule has 6 heteroatoms. The Bertz CT molecular complexity index is 609. The fraction of sp³-hybridized carbons (Fsp3) is 0.214. The van der Waals surface area contributed by atoms with Crippen LogP contribution in [0.1, 0.15) is 20.9 Å². The van der Waals surface area contributed by atoms with Crippen molar-refractivity contribution in [3.8, 4) is 6.07 Å². The zero-order valence-electron chi connectivity index (χ0n) is 10.4. The van der Waals surface area contributed by atoms with Crippen molar-refractivity contribution in [2.75, 3.05) is 0 Å². The molecule has 2 nitrogen and oxygen atoms in total. The number of alkyl halides is 3. The molecule has 0 saturated heterocycles. The Labute approximate surface area is 118 Å².